The van der Waals surface area contributed by atoms with Crippen LogP contribution < -0.4 is 10.9 Å². The molecule has 0 amide bonds. The highest BCUT2D eigenvalue weighted by atomic mass is 35.5. The minimum absolute atomic E-state index is 0.134. The number of aromatic amines is 1. The van der Waals surface area contributed by atoms with Crippen LogP contribution in [0, 0.1) is 0 Å². The summed E-state index contributed by atoms with van der Waals surface area (Å²) in [5.41, 5.74) is 1.43. The van der Waals surface area contributed by atoms with Gasteiger partial charge >= 0.3 is 0 Å². The van der Waals surface area contributed by atoms with Crippen LogP contribution in [-0.4, -0.2) is 30.0 Å². The Kier molecular flexibility index (Phi) is 6.24. The molecule has 2 rings (SSSR count). The van der Waals surface area contributed by atoms with E-state index in [0.29, 0.717) is 25.4 Å². The van der Waals surface area contributed by atoms with Gasteiger partial charge in [0.1, 0.15) is 5.02 Å². The summed E-state index contributed by atoms with van der Waals surface area (Å²) in [6.07, 6.45) is 3.25. The molecule has 2 aromatic rings. The van der Waals surface area contributed by atoms with Crippen LogP contribution in [0.4, 0.5) is 5.69 Å². The van der Waals surface area contributed by atoms with Gasteiger partial charge < -0.3 is 10.1 Å². The van der Waals surface area contributed by atoms with Crippen LogP contribution in [0.3, 0.4) is 0 Å². The second-order valence-corrected chi connectivity index (χ2v) is 4.93. The Labute approximate surface area is 128 Å². The van der Waals surface area contributed by atoms with Crippen LogP contribution in [0.1, 0.15) is 12.0 Å². The molecule has 0 aliphatic heterocycles. The quantitative estimate of drug-likeness (QED) is 0.735. The van der Waals surface area contributed by atoms with Crippen molar-refractivity contribution in [3.8, 4) is 0 Å². The van der Waals surface area contributed by atoms with Gasteiger partial charge in [-0.05, 0) is 18.4 Å². The van der Waals surface area contributed by atoms with Crippen LogP contribution >= 0.6 is 11.6 Å². The Morgan fingerprint density at radius 1 is 1.24 bits per heavy atom. The lowest BCUT2D eigenvalue weighted by Gasteiger charge is -2.07. The molecule has 0 saturated heterocycles. The van der Waals surface area contributed by atoms with Gasteiger partial charge in [0.15, 0.2) is 0 Å². The molecule has 112 valence electrons. The molecule has 5 nitrogen and oxygen atoms in total. The lowest BCUT2D eigenvalue weighted by molar-refractivity contribution is 0.137. The minimum atomic E-state index is -0.388. The van der Waals surface area contributed by atoms with Crippen molar-refractivity contribution < 1.29 is 4.74 Å². The second kappa shape index (κ2) is 8.44. The Hall–Kier alpha value is -1.85. The number of halogens is 1. The average molecular weight is 308 g/mol. The standard InChI is InChI=1S/C15H18ClN3O2/c16-14-13(11-18-19-15(14)20)17-8-4-9-21-10-7-12-5-2-1-3-6-12/h1-3,5-6,11H,4,7-10H2,(H2,17,19,20). The number of ether oxygens (including phenoxy) is 1. The summed E-state index contributed by atoms with van der Waals surface area (Å²) in [5, 5.41) is 9.17. The van der Waals surface area contributed by atoms with E-state index in [4.69, 9.17) is 16.3 Å². The number of anilines is 1. The third kappa shape index (κ3) is 5.21. The van der Waals surface area contributed by atoms with Crippen LogP contribution in [0.2, 0.25) is 5.02 Å². The first-order chi connectivity index (χ1) is 10.3. The monoisotopic (exact) mass is 307 g/mol. The summed E-state index contributed by atoms with van der Waals surface area (Å²) < 4.78 is 5.57. The van der Waals surface area contributed by atoms with Gasteiger partial charge in [0.25, 0.3) is 5.56 Å². The topological polar surface area (TPSA) is 67.0 Å². The van der Waals surface area contributed by atoms with Crippen molar-refractivity contribution >= 4 is 17.3 Å². The molecular formula is C15H18ClN3O2. The molecule has 1 aromatic heterocycles. The lowest BCUT2D eigenvalue weighted by Crippen LogP contribution is -2.13. The van der Waals surface area contributed by atoms with Gasteiger partial charge in [-0.25, -0.2) is 5.10 Å². The third-order valence-electron chi connectivity index (χ3n) is 2.95. The van der Waals surface area contributed by atoms with Gasteiger partial charge in [-0.3, -0.25) is 4.79 Å². The van der Waals surface area contributed by atoms with Crippen molar-refractivity contribution in [2.24, 2.45) is 0 Å². The van der Waals surface area contributed by atoms with Crippen LogP contribution in [0.25, 0.3) is 0 Å². The first-order valence-electron chi connectivity index (χ1n) is 6.86. The van der Waals surface area contributed by atoms with Crippen molar-refractivity contribution in [3.63, 3.8) is 0 Å². The largest absolute Gasteiger partial charge is 0.382 e. The SMILES string of the molecule is O=c1[nH]ncc(NCCCOCCc2ccccc2)c1Cl. The molecule has 21 heavy (non-hydrogen) atoms. The van der Waals surface area contributed by atoms with Gasteiger partial charge in [-0.15, -0.1) is 0 Å². The zero-order chi connectivity index (χ0) is 14.9. The van der Waals surface area contributed by atoms with E-state index >= 15 is 0 Å². The first kappa shape index (κ1) is 15.5. The Bertz CT molecular complexity index is 601. The highest BCUT2D eigenvalue weighted by Gasteiger charge is 2.03. The fourth-order valence-corrected chi connectivity index (χ4v) is 2.00. The van der Waals surface area contributed by atoms with E-state index in [1.165, 1.54) is 11.8 Å². The zero-order valence-corrected chi connectivity index (χ0v) is 12.4. The van der Waals surface area contributed by atoms with E-state index in [1.54, 1.807) is 0 Å². The van der Waals surface area contributed by atoms with E-state index < -0.39 is 0 Å². The third-order valence-corrected chi connectivity index (χ3v) is 3.33. The molecule has 0 bridgehead atoms. The molecule has 0 unspecified atom stereocenters. The molecule has 0 aliphatic carbocycles. The van der Waals surface area contributed by atoms with Crippen molar-refractivity contribution in [2.75, 3.05) is 25.1 Å². The fourth-order valence-electron chi connectivity index (χ4n) is 1.84. The minimum Gasteiger partial charge on any atom is -0.382 e. The van der Waals surface area contributed by atoms with Gasteiger partial charge in [-0.2, -0.15) is 5.10 Å². The summed E-state index contributed by atoms with van der Waals surface area (Å²) >= 11 is 5.85. The van der Waals surface area contributed by atoms with E-state index in [9.17, 15) is 4.79 Å². The van der Waals surface area contributed by atoms with Crippen molar-refractivity contribution in [1.82, 2.24) is 10.2 Å². The lowest BCUT2D eigenvalue weighted by atomic mass is 10.2. The number of aromatic nitrogens is 2. The van der Waals surface area contributed by atoms with Gasteiger partial charge in [0.05, 0.1) is 18.5 Å². The van der Waals surface area contributed by atoms with Crippen molar-refractivity contribution in [1.29, 1.82) is 0 Å². The maximum Gasteiger partial charge on any atom is 0.285 e. The average Bonchev–Trinajstić information content (AvgIpc) is 2.51. The summed E-state index contributed by atoms with van der Waals surface area (Å²) in [7, 11) is 0. The molecule has 0 saturated carbocycles. The second-order valence-electron chi connectivity index (χ2n) is 4.56. The molecule has 6 heteroatoms. The molecule has 1 heterocycles. The van der Waals surface area contributed by atoms with E-state index in [2.05, 4.69) is 27.6 Å². The smallest absolute Gasteiger partial charge is 0.285 e. The number of nitrogens with zero attached hydrogens (tertiary/aromatic N) is 1. The summed E-state index contributed by atoms with van der Waals surface area (Å²) in [5.74, 6) is 0. The summed E-state index contributed by atoms with van der Waals surface area (Å²) in [4.78, 5) is 11.2. The first-order valence-corrected chi connectivity index (χ1v) is 7.24. The van der Waals surface area contributed by atoms with Gasteiger partial charge in [0.2, 0.25) is 0 Å². The van der Waals surface area contributed by atoms with Gasteiger partial charge in [-0.1, -0.05) is 41.9 Å². The maximum atomic E-state index is 11.2. The normalized spacial score (nSPS) is 10.5. The van der Waals surface area contributed by atoms with Crippen molar-refractivity contribution in [2.45, 2.75) is 12.8 Å². The molecule has 0 radical (unpaired) electrons. The Balaban J connectivity index is 1.58. The zero-order valence-electron chi connectivity index (χ0n) is 11.6. The molecular weight excluding hydrogens is 290 g/mol. The van der Waals surface area contributed by atoms with E-state index in [-0.39, 0.29) is 10.6 Å². The maximum absolute atomic E-state index is 11.2. The van der Waals surface area contributed by atoms with Crippen molar-refractivity contribution in [3.05, 3.63) is 57.5 Å². The summed E-state index contributed by atoms with van der Waals surface area (Å²) in [6, 6.07) is 10.2. The van der Waals surface area contributed by atoms with Gasteiger partial charge in [0, 0.05) is 13.2 Å². The van der Waals surface area contributed by atoms with Crippen LogP contribution in [0.15, 0.2) is 41.3 Å². The number of hydrogen-bond donors (Lipinski definition) is 2. The molecule has 2 N–H and O–H groups in total. The van der Waals surface area contributed by atoms with E-state index in [0.717, 1.165) is 12.8 Å². The molecule has 0 fully saturated rings. The molecule has 0 atom stereocenters. The highest BCUT2D eigenvalue weighted by molar-refractivity contribution is 6.32. The molecule has 0 spiro atoms. The Morgan fingerprint density at radius 3 is 2.86 bits per heavy atom. The number of hydrogen-bond acceptors (Lipinski definition) is 4. The van der Waals surface area contributed by atoms with Crippen LogP contribution in [0.5, 0.6) is 0 Å². The Morgan fingerprint density at radius 2 is 2.05 bits per heavy atom. The molecule has 0 aliphatic rings. The number of H-pyrrole nitrogens is 1. The summed E-state index contributed by atoms with van der Waals surface area (Å²) in [6.45, 7) is 2.04. The predicted molar refractivity (Wildman–Crippen MR) is 83.9 cm³/mol. The number of nitrogens with one attached hydrogen (secondary N) is 2. The fraction of sp³-hybridized carbons (Fsp3) is 0.333. The van der Waals surface area contributed by atoms with E-state index in [1.807, 2.05) is 18.2 Å². The number of benzene rings is 1. The number of rotatable bonds is 8. The van der Waals surface area contributed by atoms with Crippen LogP contribution in [-0.2, 0) is 11.2 Å². The highest BCUT2D eigenvalue weighted by Crippen LogP contribution is 2.13. The molecule has 1 aromatic carbocycles. The predicted octanol–water partition coefficient (Wildman–Crippen LogP) is 2.48.